The minimum atomic E-state index is 0.343. The number of aryl methyl sites for hydroxylation is 1. The van der Waals surface area contributed by atoms with E-state index in [2.05, 4.69) is 30.4 Å². The number of benzene rings is 1. The van der Waals surface area contributed by atoms with Crippen molar-refractivity contribution in [3.63, 3.8) is 0 Å². The first-order valence-electron chi connectivity index (χ1n) is 8.36. The molecule has 1 saturated carbocycles. The molecule has 0 bridgehead atoms. The molecule has 0 radical (unpaired) electrons. The normalized spacial score (nSPS) is 28.8. The molecule has 116 valence electrons. The Hall–Kier alpha value is -1.06. The van der Waals surface area contributed by atoms with Crippen LogP contribution < -0.4 is 10.1 Å². The quantitative estimate of drug-likeness (QED) is 0.894. The zero-order valence-corrected chi connectivity index (χ0v) is 13.0. The van der Waals surface area contributed by atoms with E-state index in [1.165, 1.54) is 30.4 Å². The van der Waals surface area contributed by atoms with Gasteiger partial charge >= 0.3 is 0 Å². The van der Waals surface area contributed by atoms with E-state index in [0.717, 1.165) is 31.7 Å². The van der Waals surface area contributed by atoms with Gasteiger partial charge < -0.3 is 15.2 Å². The number of fused-ring (bicyclic) bond motifs is 1. The van der Waals surface area contributed by atoms with Gasteiger partial charge in [0.15, 0.2) is 0 Å². The van der Waals surface area contributed by atoms with E-state index in [1.807, 2.05) is 0 Å². The molecule has 3 unspecified atom stereocenters. The first kappa shape index (κ1) is 14.9. The van der Waals surface area contributed by atoms with Crippen molar-refractivity contribution >= 4 is 0 Å². The fraction of sp³-hybridized carbons (Fsp3) is 0.667. The number of aliphatic hydroxyl groups excluding tert-OH is 1. The Kier molecular flexibility index (Phi) is 4.81. The second-order valence-electron chi connectivity index (χ2n) is 6.58. The van der Waals surface area contributed by atoms with Crippen LogP contribution in [-0.4, -0.2) is 24.9 Å². The average Bonchev–Trinajstić information content (AvgIpc) is 2.85. The molecule has 3 nitrogen and oxygen atoms in total. The van der Waals surface area contributed by atoms with E-state index in [9.17, 15) is 5.11 Å². The topological polar surface area (TPSA) is 41.5 Å². The van der Waals surface area contributed by atoms with E-state index in [0.29, 0.717) is 24.5 Å². The van der Waals surface area contributed by atoms with Crippen LogP contribution in [0.3, 0.4) is 0 Å². The maximum absolute atomic E-state index is 9.46. The van der Waals surface area contributed by atoms with Crippen LogP contribution in [0.25, 0.3) is 0 Å². The maximum atomic E-state index is 9.46. The lowest BCUT2D eigenvalue weighted by Gasteiger charge is -2.24. The molecule has 0 amide bonds. The van der Waals surface area contributed by atoms with E-state index < -0.39 is 0 Å². The summed E-state index contributed by atoms with van der Waals surface area (Å²) in [5.74, 6) is 2.21. The molecule has 1 aromatic rings. The van der Waals surface area contributed by atoms with Crippen molar-refractivity contribution in [2.24, 2.45) is 11.8 Å². The van der Waals surface area contributed by atoms with Crippen LogP contribution in [0.15, 0.2) is 18.2 Å². The van der Waals surface area contributed by atoms with E-state index in [1.54, 1.807) is 0 Å². The highest BCUT2D eigenvalue weighted by molar-refractivity contribution is 5.43. The Labute approximate surface area is 127 Å². The number of nitrogens with one attached hydrogen (secondary N) is 1. The summed E-state index contributed by atoms with van der Waals surface area (Å²) in [4.78, 5) is 0. The van der Waals surface area contributed by atoms with Crippen LogP contribution in [0.1, 0.15) is 49.3 Å². The van der Waals surface area contributed by atoms with Gasteiger partial charge in [-0.15, -0.1) is 0 Å². The molecule has 1 aliphatic heterocycles. The minimum absolute atomic E-state index is 0.343. The van der Waals surface area contributed by atoms with E-state index in [4.69, 9.17) is 4.74 Å². The smallest absolute Gasteiger partial charge is 0.126 e. The summed E-state index contributed by atoms with van der Waals surface area (Å²) in [6, 6.07) is 6.84. The Bertz CT molecular complexity index is 474. The van der Waals surface area contributed by atoms with Crippen LogP contribution in [0.2, 0.25) is 0 Å². The van der Waals surface area contributed by atoms with Gasteiger partial charge in [0, 0.05) is 18.2 Å². The zero-order valence-electron chi connectivity index (χ0n) is 13.0. The number of rotatable bonds is 4. The number of hydrogen-bond acceptors (Lipinski definition) is 3. The van der Waals surface area contributed by atoms with Crippen LogP contribution in [0.4, 0.5) is 0 Å². The number of aliphatic hydroxyl groups is 1. The number of ether oxygens (including phenoxy) is 1. The standard InChI is InChI=1S/C18H27NO2/c1-13-5-2-8-16-17(9-4-10-21-18(13)16)19-11-14-6-3-7-15(14)12-20/h2,5,8,14-15,17,19-20H,3-4,6-7,9-12H2,1H3. The highest BCUT2D eigenvalue weighted by Gasteiger charge is 2.28. The summed E-state index contributed by atoms with van der Waals surface area (Å²) in [6.45, 7) is 4.30. The Balaban J connectivity index is 1.69. The predicted molar refractivity (Wildman–Crippen MR) is 84.6 cm³/mol. The third-order valence-corrected chi connectivity index (χ3v) is 5.18. The summed E-state index contributed by atoms with van der Waals surface area (Å²) in [5.41, 5.74) is 2.54. The first-order chi connectivity index (χ1) is 10.3. The van der Waals surface area contributed by atoms with Crippen molar-refractivity contribution in [3.8, 4) is 5.75 Å². The van der Waals surface area contributed by atoms with Crippen molar-refractivity contribution in [1.82, 2.24) is 5.32 Å². The van der Waals surface area contributed by atoms with Crippen LogP contribution >= 0.6 is 0 Å². The van der Waals surface area contributed by atoms with Gasteiger partial charge in [-0.2, -0.15) is 0 Å². The SMILES string of the molecule is Cc1cccc2c1OCCCC2NCC1CCCC1CO. The Morgan fingerprint density at radius 2 is 2.05 bits per heavy atom. The molecule has 3 atom stereocenters. The summed E-state index contributed by atoms with van der Waals surface area (Å²) in [6.07, 6.45) is 5.93. The van der Waals surface area contributed by atoms with Gasteiger partial charge in [-0.1, -0.05) is 24.6 Å². The van der Waals surface area contributed by atoms with E-state index >= 15 is 0 Å². The van der Waals surface area contributed by atoms with Crippen molar-refractivity contribution in [2.45, 2.75) is 45.1 Å². The molecular formula is C18H27NO2. The number of para-hydroxylation sites is 1. The summed E-state index contributed by atoms with van der Waals surface area (Å²) < 4.78 is 5.94. The molecule has 0 spiro atoms. The molecule has 21 heavy (non-hydrogen) atoms. The molecule has 1 aliphatic carbocycles. The summed E-state index contributed by atoms with van der Waals surface area (Å²) >= 11 is 0. The van der Waals surface area contributed by atoms with Crippen LogP contribution in [0, 0.1) is 18.8 Å². The van der Waals surface area contributed by atoms with Gasteiger partial charge in [0.2, 0.25) is 0 Å². The molecule has 3 heteroatoms. The average molecular weight is 289 g/mol. The highest BCUT2D eigenvalue weighted by Crippen LogP contribution is 2.35. The molecule has 1 aromatic carbocycles. The van der Waals surface area contributed by atoms with Crippen molar-refractivity contribution in [2.75, 3.05) is 19.8 Å². The lowest BCUT2D eigenvalue weighted by Crippen LogP contribution is -2.30. The van der Waals surface area contributed by atoms with Gasteiger partial charge in [-0.25, -0.2) is 0 Å². The van der Waals surface area contributed by atoms with Gasteiger partial charge in [-0.05, 0) is 56.6 Å². The van der Waals surface area contributed by atoms with Crippen LogP contribution in [-0.2, 0) is 0 Å². The van der Waals surface area contributed by atoms with Gasteiger partial charge in [0.25, 0.3) is 0 Å². The molecule has 1 heterocycles. The Morgan fingerprint density at radius 1 is 1.19 bits per heavy atom. The van der Waals surface area contributed by atoms with Crippen LogP contribution in [0.5, 0.6) is 5.75 Å². The predicted octanol–water partition coefficient (Wildman–Crippen LogP) is 3.21. The lowest BCUT2D eigenvalue weighted by molar-refractivity contribution is 0.190. The molecule has 2 N–H and O–H groups in total. The van der Waals surface area contributed by atoms with Crippen molar-refractivity contribution < 1.29 is 9.84 Å². The second-order valence-corrected chi connectivity index (χ2v) is 6.58. The van der Waals surface area contributed by atoms with Gasteiger partial charge in [0.05, 0.1) is 6.61 Å². The van der Waals surface area contributed by atoms with E-state index in [-0.39, 0.29) is 0 Å². The zero-order chi connectivity index (χ0) is 14.7. The molecule has 0 aromatic heterocycles. The third kappa shape index (κ3) is 3.24. The molecule has 3 rings (SSSR count). The van der Waals surface area contributed by atoms with Crippen molar-refractivity contribution in [1.29, 1.82) is 0 Å². The summed E-state index contributed by atoms with van der Waals surface area (Å²) in [7, 11) is 0. The summed E-state index contributed by atoms with van der Waals surface area (Å²) in [5, 5.41) is 13.2. The fourth-order valence-corrected chi connectivity index (χ4v) is 3.89. The fourth-order valence-electron chi connectivity index (χ4n) is 3.89. The monoisotopic (exact) mass is 289 g/mol. The highest BCUT2D eigenvalue weighted by atomic mass is 16.5. The molecule has 2 aliphatic rings. The third-order valence-electron chi connectivity index (χ3n) is 5.18. The molecular weight excluding hydrogens is 262 g/mol. The second kappa shape index (κ2) is 6.80. The lowest BCUT2D eigenvalue weighted by atomic mass is 9.95. The minimum Gasteiger partial charge on any atom is -0.493 e. The first-order valence-corrected chi connectivity index (χ1v) is 8.36. The molecule has 0 saturated heterocycles. The Morgan fingerprint density at radius 3 is 2.90 bits per heavy atom. The van der Waals surface area contributed by atoms with Gasteiger partial charge in [-0.3, -0.25) is 0 Å². The molecule has 1 fully saturated rings. The largest absolute Gasteiger partial charge is 0.493 e. The maximum Gasteiger partial charge on any atom is 0.126 e. The van der Waals surface area contributed by atoms with Gasteiger partial charge in [0.1, 0.15) is 5.75 Å². The number of hydrogen-bond donors (Lipinski definition) is 2. The van der Waals surface area contributed by atoms with Crippen molar-refractivity contribution in [3.05, 3.63) is 29.3 Å².